The number of methoxy groups -OCH3 is 3. The van der Waals surface area contributed by atoms with Gasteiger partial charge in [0.2, 0.25) is 11.7 Å². The van der Waals surface area contributed by atoms with Gasteiger partial charge in [0.15, 0.2) is 0 Å². The van der Waals surface area contributed by atoms with Crippen LogP contribution in [0.15, 0.2) is 71.6 Å². The summed E-state index contributed by atoms with van der Waals surface area (Å²) in [6.07, 6.45) is 0. The second-order valence-electron chi connectivity index (χ2n) is 6.77. The van der Waals surface area contributed by atoms with E-state index in [0.717, 1.165) is 3.97 Å². The third-order valence-electron chi connectivity index (χ3n) is 4.96. The summed E-state index contributed by atoms with van der Waals surface area (Å²) >= 11 is 0. The Morgan fingerprint density at radius 1 is 0.875 bits per heavy atom. The molecule has 0 aliphatic carbocycles. The molecule has 0 aliphatic heterocycles. The average molecular weight is 452 g/mol. The first-order valence-electron chi connectivity index (χ1n) is 9.54. The van der Waals surface area contributed by atoms with E-state index in [1.807, 2.05) is 0 Å². The summed E-state index contributed by atoms with van der Waals surface area (Å²) < 4.78 is 43.9. The smallest absolute Gasteiger partial charge is 0.268 e. The first-order chi connectivity index (χ1) is 15.4. The SMILES string of the molecule is COc1ccc(C(=O)c2cc3nc(OC)ccc3n2S(=O)(=O)c2ccccc2)c(OC)c1. The molecule has 2 aromatic heterocycles. The normalized spacial score (nSPS) is 11.3. The highest BCUT2D eigenvalue weighted by Gasteiger charge is 2.29. The summed E-state index contributed by atoms with van der Waals surface area (Å²) in [5, 5.41) is 0. The molecule has 0 fully saturated rings. The number of carbonyl (C=O) groups excluding carboxylic acids is 1. The molecule has 8 nitrogen and oxygen atoms in total. The lowest BCUT2D eigenvalue weighted by Gasteiger charge is -2.13. The molecule has 2 heterocycles. The largest absolute Gasteiger partial charge is 0.497 e. The number of hydrogen-bond acceptors (Lipinski definition) is 7. The fourth-order valence-electron chi connectivity index (χ4n) is 3.40. The number of rotatable bonds is 7. The summed E-state index contributed by atoms with van der Waals surface area (Å²) in [7, 11) is 0.275. The van der Waals surface area contributed by atoms with Crippen molar-refractivity contribution in [1.82, 2.24) is 8.96 Å². The van der Waals surface area contributed by atoms with Gasteiger partial charge in [-0.25, -0.2) is 17.4 Å². The lowest BCUT2D eigenvalue weighted by atomic mass is 10.1. The van der Waals surface area contributed by atoms with E-state index in [1.54, 1.807) is 42.5 Å². The fraction of sp³-hybridized carbons (Fsp3) is 0.130. The van der Waals surface area contributed by atoms with Crippen LogP contribution in [0.3, 0.4) is 0 Å². The second kappa shape index (κ2) is 8.35. The van der Waals surface area contributed by atoms with Gasteiger partial charge in [0.1, 0.15) is 17.2 Å². The summed E-state index contributed by atoms with van der Waals surface area (Å²) in [4.78, 5) is 17.9. The molecule has 0 aliphatic rings. The van der Waals surface area contributed by atoms with Gasteiger partial charge in [0.25, 0.3) is 10.0 Å². The molecule has 9 heteroatoms. The second-order valence-corrected chi connectivity index (χ2v) is 8.55. The zero-order chi connectivity index (χ0) is 22.9. The molecule has 0 N–H and O–H groups in total. The van der Waals surface area contributed by atoms with Crippen molar-refractivity contribution >= 4 is 26.8 Å². The first kappa shape index (κ1) is 21.4. The lowest BCUT2D eigenvalue weighted by Crippen LogP contribution is -2.19. The number of hydrogen-bond donors (Lipinski definition) is 0. The van der Waals surface area contributed by atoms with Crippen molar-refractivity contribution in [3.8, 4) is 17.4 Å². The monoisotopic (exact) mass is 452 g/mol. The van der Waals surface area contributed by atoms with Crippen molar-refractivity contribution < 1.29 is 27.4 Å². The Morgan fingerprint density at radius 2 is 1.62 bits per heavy atom. The maximum atomic E-state index is 13.6. The van der Waals surface area contributed by atoms with Crippen molar-refractivity contribution in [3.05, 3.63) is 78.0 Å². The molecule has 0 saturated carbocycles. The number of pyridine rings is 1. The van der Waals surface area contributed by atoms with E-state index in [-0.39, 0.29) is 27.4 Å². The van der Waals surface area contributed by atoms with Crippen LogP contribution < -0.4 is 14.2 Å². The Balaban J connectivity index is 1.99. The summed E-state index contributed by atoms with van der Waals surface area (Å²) in [6, 6.07) is 17.1. The van der Waals surface area contributed by atoms with Gasteiger partial charge in [0.05, 0.1) is 42.8 Å². The summed E-state index contributed by atoms with van der Waals surface area (Å²) in [5.74, 6) is 0.518. The van der Waals surface area contributed by atoms with E-state index in [1.165, 1.54) is 45.6 Å². The van der Waals surface area contributed by atoms with Gasteiger partial charge in [-0.2, -0.15) is 0 Å². The van der Waals surface area contributed by atoms with E-state index < -0.39 is 15.8 Å². The molecule has 4 rings (SSSR count). The molecule has 0 atom stereocenters. The number of benzene rings is 2. The highest BCUT2D eigenvalue weighted by atomic mass is 32.2. The van der Waals surface area contributed by atoms with Gasteiger partial charge in [-0.3, -0.25) is 4.79 Å². The van der Waals surface area contributed by atoms with Crippen LogP contribution in [0.5, 0.6) is 17.4 Å². The van der Waals surface area contributed by atoms with E-state index in [0.29, 0.717) is 17.1 Å². The third kappa shape index (κ3) is 3.56. The van der Waals surface area contributed by atoms with Gasteiger partial charge < -0.3 is 14.2 Å². The van der Waals surface area contributed by atoms with E-state index >= 15 is 0 Å². The maximum Gasteiger partial charge on any atom is 0.268 e. The Kier molecular flexibility index (Phi) is 5.58. The van der Waals surface area contributed by atoms with Crippen LogP contribution in [-0.4, -0.2) is 44.5 Å². The van der Waals surface area contributed by atoms with Gasteiger partial charge in [-0.15, -0.1) is 0 Å². The van der Waals surface area contributed by atoms with E-state index in [2.05, 4.69) is 4.98 Å². The standard InChI is InChI=1S/C23H20N2O6S/c1-29-15-9-10-17(21(13-15)30-2)23(26)20-14-18-19(11-12-22(24-18)31-3)25(20)32(27,28)16-7-5-4-6-8-16/h4-14H,1-3H3. The summed E-state index contributed by atoms with van der Waals surface area (Å²) in [6.45, 7) is 0. The molecule has 4 aromatic rings. The topological polar surface area (TPSA) is 96.7 Å². The maximum absolute atomic E-state index is 13.6. The molecule has 0 unspecified atom stereocenters. The van der Waals surface area contributed by atoms with E-state index in [9.17, 15) is 13.2 Å². The van der Waals surface area contributed by atoms with Crippen molar-refractivity contribution in [2.75, 3.05) is 21.3 Å². The van der Waals surface area contributed by atoms with Crippen molar-refractivity contribution in [1.29, 1.82) is 0 Å². The van der Waals surface area contributed by atoms with Crippen molar-refractivity contribution in [2.24, 2.45) is 0 Å². The molecule has 2 aromatic carbocycles. The Bertz CT molecular complexity index is 1410. The van der Waals surface area contributed by atoms with Crippen molar-refractivity contribution in [3.63, 3.8) is 0 Å². The minimum atomic E-state index is -4.11. The molecule has 0 radical (unpaired) electrons. The Labute approximate surface area is 185 Å². The number of ether oxygens (including phenoxy) is 3. The molecular weight excluding hydrogens is 432 g/mol. The predicted molar refractivity (Wildman–Crippen MR) is 118 cm³/mol. The van der Waals surface area contributed by atoms with Gasteiger partial charge >= 0.3 is 0 Å². The number of aromatic nitrogens is 2. The van der Waals surface area contributed by atoms with Crippen LogP contribution in [0.25, 0.3) is 11.0 Å². The van der Waals surface area contributed by atoms with Crippen LogP contribution in [0, 0.1) is 0 Å². The first-order valence-corrected chi connectivity index (χ1v) is 11.0. The third-order valence-corrected chi connectivity index (χ3v) is 6.71. The van der Waals surface area contributed by atoms with Crippen LogP contribution >= 0.6 is 0 Å². The molecule has 0 saturated heterocycles. The van der Waals surface area contributed by atoms with Crippen LogP contribution in [-0.2, 0) is 10.0 Å². The number of carbonyl (C=O) groups is 1. The molecule has 0 spiro atoms. The summed E-state index contributed by atoms with van der Waals surface area (Å²) in [5.41, 5.74) is 0.672. The molecule has 0 bridgehead atoms. The highest BCUT2D eigenvalue weighted by molar-refractivity contribution is 7.90. The zero-order valence-corrected chi connectivity index (χ0v) is 18.4. The molecule has 32 heavy (non-hydrogen) atoms. The van der Waals surface area contributed by atoms with Crippen LogP contribution in [0.2, 0.25) is 0 Å². The Morgan fingerprint density at radius 3 is 2.28 bits per heavy atom. The van der Waals surface area contributed by atoms with Gasteiger partial charge in [-0.1, -0.05) is 18.2 Å². The van der Waals surface area contributed by atoms with Crippen LogP contribution in [0.1, 0.15) is 16.1 Å². The minimum Gasteiger partial charge on any atom is -0.497 e. The average Bonchev–Trinajstić information content (AvgIpc) is 3.23. The number of nitrogens with zero attached hydrogens (tertiary/aromatic N) is 2. The molecule has 164 valence electrons. The highest BCUT2D eigenvalue weighted by Crippen LogP contribution is 2.31. The van der Waals surface area contributed by atoms with Crippen molar-refractivity contribution in [2.45, 2.75) is 4.90 Å². The number of ketones is 1. The fourth-order valence-corrected chi connectivity index (χ4v) is 4.92. The van der Waals surface area contributed by atoms with E-state index in [4.69, 9.17) is 14.2 Å². The van der Waals surface area contributed by atoms with Gasteiger partial charge in [-0.05, 0) is 36.4 Å². The predicted octanol–water partition coefficient (Wildman–Crippen LogP) is 3.53. The quantitative estimate of drug-likeness (QED) is 0.396. The van der Waals surface area contributed by atoms with Crippen LogP contribution in [0.4, 0.5) is 0 Å². The number of fused-ring (bicyclic) bond motifs is 1. The Hall–Kier alpha value is -3.85. The minimum absolute atomic E-state index is 0.0454. The zero-order valence-electron chi connectivity index (χ0n) is 17.6. The molecular formula is C23H20N2O6S. The molecule has 0 amide bonds. The lowest BCUT2D eigenvalue weighted by molar-refractivity contribution is 0.103. The van der Waals surface area contributed by atoms with Gasteiger partial charge in [0, 0.05) is 12.1 Å².